The first-order chi connectivity index (χ1) is 9.00. The third-order valence-corrected chi connectivity index (χ3v) is 3.46. The summed E-state index contributed by atoms with van der Waals surface area (Å²) in [6, 6.07) is 3.57. The van der Waals surface area contributed by atoms with Crippen LogP contribution >= 0.6 is 0 Å². The molecule has 0 radical (unpaired) electrons. The van der Waals surface area contributed by atoms with Gasteiger partial charge in [-0.2, -0.15) is 0 Å². The molecule has 1 aliphatic heterocycles. The summed E-state index contributed by atoms with van der Waals surface area (Å²) >= 11 is 0. The van der Waals surface area contributed by atoms with Gasteiger partial charge in [0.1, 0.15) is 0 Å². The van der Waals surface area contributed by atoms with Gasteiger partial charge >= 0.3 is 0 Å². The lowest BCUT2D eigenvalue weighted by Crippen LogP contribution is -2.47. The number of rotatable bonds is 3. The number of aryl methyl sites for hydroxylation is 1. The molecule has 0 atom stereocenters. The van der Waals surface area contributed by atoms with Crippen molar-refractivity contribution in [3.63, 3.8) is 0 Å². The van der Waals surface area contributed by atoms with Crippen molar-refractivity contribution >= 4 is 5.91 Å². The molecule has 2 rings (SSSR count). The van der Waals surface area contributed by atoms with Crippen LogP contribution in [0.2, 0.25) is 0 Å². The van der Waals surface area contributed by atoms with Crippen LogP contribution in [0.3, 0.4) is 0 Å². The van der Waals surface area contributed by atoms with Crippen LogP contribution < -0.4 is 0 Å². The minimum absolute atomic E-state index is 0.118. The number of carbonyl (C=O) groups is 1. The molecule has 0 saturated carbocycles. The van der Waals surface area contributed by atoms with Gasteiger partial charge in [0.2, 0.25) is 0 Å². The molecule has 1 saturated heterocycles. The highest BCUT2D eigenvalue weighted by molar-refractivity contribution is 5.93. The van der Waals surface area contributed by atoms with Crippen molar-refractivity contribution in [1.29, 1.82) is 0 Å². The van der Waals surface area contributed by atoms with Crippen LogP contribution in [0.4, 0.5) is 0 Å². The summed E-state index contributed by atoms with van der Waals surface area (Å²) in [4.78, 5) is 17.9. The molecule has 0 spiro atoms. The normalized spacial score (nSPS) is 18.1. The molecule has 1 amide bonds. The minimum Gasteiger partial charge on any atom is -0.388 e. The van der Waals surface area contributed by atoms with E-state index >= 15 is 0 Å². The SMILES string of the molecule is Cc1ccc(C(=O)N(C)CC2(O)CCOCC2)cn1. The number of amides is 1. The molecule has 19 heavy (non-hydrogen) atoms. The van der Waals surface area contributed by atoms with Gasteiger partial charge in [-0.1, -0.05) is 0 Å². The summed E-state index contributed by atoms with van der Waals surface area (Å²) in [5.74, 6) is -0.118. The maximum Gasteiger partial charge on any atom is 0.255 e. The number of carbonyl (C=O) groups excluding carboxylic acids is 1. The zero-order chi connectivity index (χ0) is 13.9. The number of hydrogen-bond donors (Lipinski definition) is 1. The zero-order valence-electron chi connectivity index (χ0n) is 11.4. The van der Waals surface area contributed by atoms with E-state index in [1.54, 1.807) is 24.2 Å². The third-order valence-electron chi connectivity index (χ3n) is 3.46. The Morgan fingerprint density at radius 3 is 2.74 bits per heavy atom. The Kier molecular flexibility index (Phi) is 4.17. The van der Waals surface area contributed by atoms with Gasteiger partial charge in [0.25, 0.3) is 5.91 Å². The van der Waals surface area contributed by atoms with E-state index in [1.165, 1.54) is 0 Å². The number of aliphatic hydroxyl groups is 1. The highest BCUT2D eigenvalue weighted by Gasteiger charge is 2.32. The van der Waals surface area contributed by atoms with Crippen molar-refractivity contribution in [2.24, 2.45) is 0 Å². The van der Waals surface area contributed by atoms with Gasteiger partial charge in [0.05, 0.1) is 11.2 Å². The van der Waals surface area contributed by atoms with Crippen LogP contribution in [-0.2, 0) is 4.74 Å². The summed E-state index contributed by atoms with van der Waals surface area (Å²) in [6.45, 7) is 3.29. The second-order valence-electron chi connectivity index (χ2n) is 5.19. The molecule has 1 aliphatic rings. The Morgan fingerprint density at radius 1 is 1.47 bits per heavy atom. The lowest BCUT2D eigenvalue weighted by atomic mass is 9.94. The molecule has 1 fully saturated rings. The van der Waals surface area contributed by atoms with E-state index in [1.807, 2.05) is 13.0 Å². The standard InChI is InChI=1S/C14H20N2O3/c1-11-3-4-12(9-15-11)13(17)16(2)10-14(18)5-7-19-8-6-14/h3-4,9,18H,5-8,10H2,1-2H3. The van der Waals surface area contributed by atoms with Gasteiger partial charge in [-0.25, -0.2) is 0 Å². The highest BCUT2D eigenvalue weighted by Crippen LogP contribution is 2.21. The molecule has 0 bridgehead atoms. The summed E-state index contributed by atoms with van der Waals surface area (Å²) in [7, 11) is 1.70. The Hall–Kier alpha value is -1.46. The Labute approximate surface area is 113 Å². The summed E-state index contributed by atoms with van der Waals surface area (Å²) in [5.41, 5.74) is 0.590. The van der Waals surface area contributed by atoms with Gasteiger partial charge in [-0.3, -0.25) is 9.78 Å². The largest absolute Gasteiger partial charge is 0.388 e. The lowest BCUT2D eigenvalue weighted by molar-refractivity contribution is -0.0734. The number of hydrogen-bond acceptors (Lipinski definition) is 4. The van der Waals surface area contributed by atoms with E-state index in [4.69, 9.17) is 4.74 Å². The fourth-order valence-corrected chi connectivity index (χ4v) is 2.24. The molecule has 5 heteroatoms. The van der Waals surface area contributed by atoms with Crippen LogP contribution in [0.25, 0.3) is 0 Å². The second kappa shape index (κ2) is 5.67. The molecule has 1 N–H and O–H groups in total. The Bertz CT molecular complexity index is 439. The summed E-state index contributed by atoms with van der Waals surface area (Å²) in [6.07, 6.45) is 2.70. The fraction of sp³-hybridized carbons (Fsp3) is 0.571. The van der Waals surface area contributed by atoms with Crippen molar-refractivity contribution in [1.82, 2.24) is 9.88 Å². The fourth-order valence-electron chi connectivity index (χ4n) is 2.24. The van der Waals surface area contributed by atoms with Crippen LogP contribution in [0.15, 0.2) is 18.3 Å². The van der Waals surface area contributed by atoms with Crippen molar-refractivity contribution in [2.75, 3.05) is 26.8 Å². The number of aromatic nitrogens is 1. The van der Waals surface area contributed by atoms with Gasteiger partial charge in [0, 0.05) is 51.5 Å². The Balaban J connectivity index is 2.00. The molecule has 1 aromatic rings. The zero-order valence-corrected chi connectivity index (χ0v) is 11.4. The molecule has 0 aromatic carbocycles. The minimum atomic E-state index is -0.833. The smallest absolute Gasteiger partial charge is 0.255 e. The summed E-state index contributed by atoms with van der Waals surface area (Å²) < 4.78 is 5.23. The maximum atomic E-state index is 12.2. The Morgan fingerprint density at radius 2 is 2.16 bits per heavy atom. The molecule has 0 unspecified atom stereocenters. The predicted octanol–water partition coefficient (Wildman–Crippen LogP) is 1.00. The van der Waals surface area contributed by atoms with Crippen LogP contribution in [0, 0.1) is 6.92 Å². The van der Waals surface area contributed by atoms with Crippen LogP contribution in [-0.4, -0.2) is 53.3 Å². The first-order valence-electron chi connectivity index (χ1n) is 6.48. The molecule has 104 valence electrons. The van der Waals surface area contributed by atoms with Crippen LogP contribution in [0.1, 0.15) is 28.9 Å². The molecule has 2 heterocycles. The number of likely N-dealkylation sites (N-methyl/N-ethyl adjacent to an activating group) is 1. The maximum absolute atomic E-state index is 12.2. The molecule has 5 nitrogen and oxygen atoms in total. The molecule has 1 aromatic heterocycles. The van der Waals surface area contributed by atoms with Crippen molar-refractivity contribution in [2.45, 2.75) is 25.4 Å². The van der Waals surface area contributed by atoms with E-state index < -0.39 is 5.60 Å². The third kappa shape index (κ3) is 3.52. The van der Waals surface area contributed by atoms with Gasteiger partial charge in [-0.05, 0) is 19.1 Å². The number of ether oxygens (including phenoxy) is 1. The average molecular weight is 264 g/mol. The van der Waals surface area contributed by atoms with E-state index in [0.29, 0.717) is 38.2 Å². The number of nitrogens with zero attached hydrogens (tertiary/aromatic N) is 2. The molecular weight excluding hydrogens is 244 g/mol. The van der Waals surface area contributed by atoms with Crippen molar-refractivity contribution in [3.8, 4) is 0 Å². The van der Waals surface area contributed by atoms with Gasteiger partial charge < -0.3 is 14.7 Å². The van der Waals surface area contributed by atoms with Gasteiger partial charge in [-0.15, -0.1) is 0 Å². The number of pyridine rings is 1. The predicted molar refractivity (Wildman–Crippen MR) is 70.9 cm³/mol. The molecular formula is C14H20N2O3. The first-order valence-corrected chi connectivity index (χ1v) is 6.48. The monoisotopic (exact) mass is 264 g/mol. The highest BCUT2D eigenvalue weighted by atomic mass is 16.5. The second-order valence-corrected chi connectivity index (χ2v) is 5.19. The lowest BCUT2D eigenvalue weighted by Gasteiger charge is -2.35. The molecule has 0 aliphatic carbocycles. The van der Waals surface area contributed by atoms with Gasteiger partial charge in [0.15, 0.2) is 0 Å². The van der Waals surface area contributed by atoms with E-state index in [9.17, 15) is 9.90 Å². The van der Waals surface area contributed by atoms with E-state index in [2.05, 4.69) is 4.98 Å². The quantitative estimate of drug-likeness (QED) is 0.885. The van der Waals surface area contributed by atoms with E-state index in [0.717, 1.165) is 5.69 Å². The van der Waals surface area contributed by atoms with Crippen LogP contribution in [0.5, 0.6) is 0 Å². The summed E-state index contributed by atoms with van der Waals surface area (Å²) in [5, 5.41) is 10.4. The average Bonchev–Trinajstić information content (AvgIpc) is 2.39. The van der Waals surface area contributed by atoms with Crippen molar-refractivity contribution < 1.29 is 14.6 Å². The first kappa shape index (κ1) is 14.0. The topological polar surface area (TPSA) is 62.7 Å². The van der Waals surface area contributed by atoms with E-state index in [-0.39, 0.29) is 5.91 Å². The van der Waals surface area contributed by atoms with Crippen molar-refractivity contribution in [3.05, 3.63) is 29.6 Å².